The number of carbonyl (C=O) groups excluding carboxylic acids is 2. The van der Waals surface area contributed by atoms with Crippen LogP contribution in [-0.4, -0.2) is 41.3 Å². The molecule has 1 aliphatic rings. The molecule has 1 aliphatic heterocycles. The van der Waals surface area contributed by atoms with Crippen LogP contribution in [0.3, 0.4) is 0 Å². The van der Waals surface area contributed by atoms with Gasteiger partial charge in [-0.15, -0.1) is 0 Å². The molecule has 2 amide bonds. The Morgan fingerprint density at radius 1 is 1.15 bits per heavy atom. The molecule has 8 heteroatoms. The second kappa shape index (κ2) is 8.10. The number of piperidine rings is 1. The highest BCUT2D eigenvalue weighted by molar-refractivity contribution is 5.83. The molecule has 6 nitrogen and oxygen atoms in total. The number of benzene rings is 1. The number of hydrogen-bond acceptors (Lipinski definition) is 4. The van der Waals surface area contributed by atoms with Crippen LogP contribution in [0.5, 0.6) is 5.75 Å². The van der Waals surface area contributed by atoms with Gasteiger partial charge in [0, 0.05) is 6.54 Å². The Kier molecular flexibility index (Phi) is 6.28. The van der Waals surface area contributed by atoms with E-state index in [9.17, 15) is 18.4 Å². The van der Waals surface area contributed by atoms with Crippen molar-refractivity contribution >= 4 is 12.0 Å². The molecule has 1 N–H and O–H groups in total. The maximum atomic E-state index is 14.2. The summed E-state index contributed by atoms with van der Waals surface area (Å²) in [6.45, 7) is 7.28. The molecular weight excluding hydrogens is 358 g/mol. The topological polar surface area (TPSA) is 67.9 Å². The molecule has 0 bridgehead atoms. The van der Waals surface area contributed by atoms with Crippen molar-refractivity contribution in [3.05, 3.63) is 29.8 Å². The number of likely N-dealkylation sites (tertiary alicyclic amines) is 1. The first-order valence-corrected chi connectivity index (χ1v) is 8.92. The third-order valence-corrected chi connectivity index (χ3v) is 3.96. The molecule has 27 heavy (non-hydrogen) atoms. The average molecular weight is 384 g/mol. The van der Waals surface area contributed by atoms with Crippen LogP contribution in [-0.2, 0) is 9.53 Å². The normalized spacial score (nSPS) is 18.0. The smallest absolute Gasteiger partial charge is 0.444 e. The first kappa shape index (κ1) is 20.9. The number of amides is 2. The van der Waals surface area contributed by atoms with E-state index in [1.165, 1.54) is 17.0 Å². The number of ether oxygens (including phenoxy) is 2. The molecule has 0 radical (unpaired) electrons. The maximum Gasteiger partial charge on any atom is 0.482 e. The van der Waals surface area contributed by atoms with Gasteiger partial charge in [0.2, 0.25) is 0 Å². The van der Waals surface area contributed by atoms with E-state index < -0.39 is 29.9 Å². The Labute approximate surface area is 157 Å². The zero-order chi connectivity index (χ0) is 20.2. The summed E-state index contributed by atoms with van der Waals surface area (Å²) < 4.78 is 38.2. The molecule has 1 aromatic rings. The minimum Gasteiger partial charge on any atom is -0.444 e. The highest BCUT2D eigenvalue weighted by Crippen LogP contribution is 2.24. The van der Waals surface area contributed by atoms with Crippen LogP contribution in [0.25, 0.3) is 0 Å². The van der Waals surface area contributed by atoms with Crippen molar-refractivity contribution in [1.82, 2.24) is 10.2 Å². The van der Waals surface area contributed by atoms with Gasteiger partial charge >= 0.3 is 18.1 Å². The van der Waals surface area contributed by atoms with E-state index in [-0.39, 0.29) is 5.75 Å². The van der Waals surface area contributed by atoms with Gasteiger partial charge in [0.15, 0.2) is 0 Å². The molecule has 2 rings (SSSR count). The molecule has 1 heterocycles. The van der Waals surface area contributed by atoms with Crippen molar-refractivity contribution in [1.29, 1.82) is 0 Å². The Balaban J connectivity index is 2.04. The number of halogens is 2. The van der Waals surface area contributed by atoms with Crippen LogP contribution in [0, 0.1) is 6.92 Å². The third-order valence-electron chi connectivity index (χ3n) is 3.96. The number of nitrogens with one attached hydrogen (secondary N) is 1. The van der Waals surface area contributed by atoms with E-state index in [1.54, 1.807) is 32.9 Å². The van der Waals surface area contributed by atoms with Gasteiger partial charge in [-0.1, -0.05) is 17.7 Å². The lowest BCUT2D eigenvalue weighted by atomic mass is 10.1. The van der Waals surface area contributed by atoms with Crippen LogP contribution >= 0.6 is 0 Å². The van der Waals surface area contributed by atoms with E-state index in [2.05, 4.69) is 10.1 Å². The van der Waals surface area contributed by atoms with Crippen LogP contribution in [0.1, 0.15) is 45.6 Å². The minimum absolute atomic E-state index is 0.117. The number of hydrogen-bond donors (Lipinski definition) is 1. The van der Waals surface area contributed by atoms with Gasteiger partial charge in [0.25, 0.3) is 0 Å². The summed E-state index contributed by atoms with van der Waals surface area (Å²) in [5.41, 5.74) is 0.159. The lowest BCUT2D eigenvalue weighted by Crippen LogP contribution is -2.58. The number of rotatable bonds is 4. The molecule has 1 fully saturated rings. The molecule has 0 spiro atoms. The Morgan fingerprint density at radius 2 is 1.78 bits per heavy atom. The molecule has 0 saturated carbocycles. The molecule has 1 saturated heterocycles. The van der Waals surface area contributed by atoms with Gasteiger partial charge in [0.1, 0.15) is 17.5 Å². The van der Waals surface area contributed by atoms with Crippen molar-refractivity contribution in [3.8, 4) is 5.75 Å². The number of carbonyl (C=O) groups is 2. The second-order valence-electron chi connectivity index (χ2n) is 7.59. The van der Waals surface area contributed by atoms with Gasteiger partial charge < -0.3 is 14.8 Å². The van der Waals surface area contributed by atoms with Gasteiger partial charge in [-0.05, 0) is 59.1 Å². The lowest BCUT2D eigenvalue weighted by Gasteiger charge is -2.37. The fourth-order valence-corrected chi connectivity index (χ4v) is 2.66. The zero-order valence-electron chi connectivity index (χ0n) is 16.1. The van der Waals surface area contributed by atoms with Crippen molar-refractivity contribution < 1.29 is 27.8 Å². The molecular formula is C19H26F2N2O4. The van der Waals surface area contributed by atoms with Crippen molar-refractivity contribution in [2.24, 2.45) is 0 Å². The standard InChI is InChI=1S/C19H26F2N2O4/c1-13-8-10-14(11-9-13)26-19(20,21)16(24)22-15-7-5-6-12-23(15)17(25)27-18(2,3)4/h8-11,15H,5-7,12H2,1-4H3,(H,22,24). The maximum absolute atomic E-state index is 14.2. The summed E-state index contributed by atoms with van der Waals surface area (Å²) in [5, 5.41) is 2.22. The lowest BCUT2D eigenvalue weighted by molar-refractivity contribution is -0.194. The predicted octanol–water partition coefficient (Wildman–Crippen LogP) is 3.83. The summed E-state index contributed by atoms with van der Waals surface area (Å²) in [7, 11) is 0. The highest BCUT2D eigenvalue weighted by atomic mass is 19.3. The van der Waals surface area contributed by atoms with Crippen molar-refractivity contribution in [2.75, 3.05) is 6.54 Å². The van der Waals surface area contributed by atoms with E-state index in [4.69, 9.17) is 4.74 Å². The Bertz CT molecular complexity index is 671. The summed E-state index contributed by atoms with van der Waals surface area (Å²) >= 11 is 0. The van der Waals surface area contributed by atoms with E-state index in [1.807, 2.05) is 6.92 Å². The number of aryl methyl sites for hydroxylation is 1. The van der Waals surface area contributed by atoms with Gasteiger partial charge in [-0.2, -0.15) is 8.78 Å². The molecule has 0 aliphatic carbocycles. The van der Waals surface area contributed by atoms with Crippen LogP contribution < -0.4 is 10.1 Å². The summed E-state index contributed by atoms with van der Waals surface area (Å²) in [4.78, 5) is 25.7. The molecule has 0 aromatic heterocycles. The first-order chi connectivity index (χ1) is 12.5. The van der Waals surface area contributed by atoms with E-state index in [0.717, 1.165) is 5.56 Å². The predicted molar refractivity (Wildman–Crippen MR) is 95.5 cm³/mol. The van der Waals surface area contributed by atoms with Gasteiger partial charge in [-0.3, -0.25) is 9.69 Å². The summed E-state index contributed by atoms with van der Waals surface area (Å²) in [6.07, 6.45) is -3.79. The number of nitrogens with zero attached hydrogens (tertiary/aromatic N) is 1. The Hall–Kier alpha value is -2.38. The molecule has 1 atom stereocenters. The molecule has 1 aromatic carbocycles. The Morgan fingerprint density at radius 3 is 2.37 bits per heavy atom. The highest BCUT2D eigenvalue weighted by Gasteiger charge is 2.44. The molecule has 150 valence electrons. The first-order valence-electron chi connectivity index (χ1n) is 8.92. The van der Waals surface area contributed by atoms with Gasteiger partial charge in [-0.25, -0.2) is 4.79 Å². The largest absolute Gasteiger partial charge is 0.482 e. The van der Waals surface area contributed by atoms with Crippen LogP contribution in [0.2, 0.25) is 0 Å². The second-order valence-corrected chi connectivity index (χ2v) is 7.59. The monoisotopic (exact) mass is 384 g/mol. The van der Waals surface area contributed by atoms with Gasteiger partial charge in [0.05, 0.1) is 0 Å². The average Bonchev–Trinajstić information content (AvgIpc) is 2.55. The summed E-state index contributed by atoms with van der Waals surface area (Å²) in [5.74, 6) is -1.71. The SMILES string of the molecule is Cc1ccc(OC(F)(F)C(=O)NC2CCCCN2C(=O)OC(C)(C)C)cc1. The third kappa shape index (κ3) is 6.08. The zero-order valence-corrected chi connectivity index (χ0v) is 16.1. The van der Waals surface area contributed by atoms with E-state index in [0.29, 0.717) is 25.8 Å². The quantitative estimate of drug-likeness (QED) is 0.857. The fourth-order valence-electron chi connectivity index (χ4n) is 2.66. The fraction of sp³-hybridized carbons (Fsp3) is 0.579. The van der Waals surface area contributed by atoms with Crippen molar-refractivity contribution in [2.45, 2.75) is 64.8 Å². The van der Waals surface area contributed by atoms with Crippen molar-refractivity contribution in [3.63, 3.8) is 0 Å². The number of alkyl halides is 2. The molecule has 1 unspecified atom stereocenters. The summed E-state index contributed by atoms with van der Waals surface area (Å²) in [6, 6.07) is 5.94. The van der Waals surface area contributed by atoms with Crippen LogP contribution in [0.4, 0.5) is 13.6 Å². The van der Waals surface area contributed by atoms with Crippen LogP contribution in [0.15, 0.2) is 24.3 Å². The minimum atomic E-state index is -4.06. The van der Waals surface area contributed by atoms with E-state index >= 15 is 0 Å².